The van der Waals surface area contributed by atoms with Crippen LogP contribution in [0.15, 0.2) is 6.07 Å². The number of fused-ring (bicyclic) bond motifs is 2. The average Bonchev–Trinajstić information content (AvgIpc) is 2.88. The minimum atomic E-state index is -4.60. The van der Waals surface area contributed by atoms with Crippen molar-refractivity contribution in [3.05, 3.63) is 11.9 Å². The molecular weight excluding hydrogens is 261 g/mol. The summed E-state index contributed by atoms with van der Waals surface area (Å²) >= 11 is 0. The van der Waals surface area contributed by atoms with Gasteiger partial charge in [0.1, 0.15) is 11.6 Å². The predicted octanol–water partition coefficient (Wildman–Crippen LogP) is 1.81. The topological polar surface area (TPSA) is 73.1 Å². The van der Waals surface area contributed by atoms with Crippen LogP contribution in [0.5, 0.6) is 0 Å². The summed E-state index contributed by atoms with van der Waals surface area (Å²) in [5.74, 6) is -1.33. The van der Waals surface area contributed by atoms with Gasteiger partial charge in [0, 0.05) is 6.07 Å². The van der Waals surface area contributed by atoms with Crippen molar-refractivity contribution >= 4 is 11.6 Å². The van der Waals surface area contributed by atoms with Crippen molar-refractivity contribution in [3.63, 3.8) is 0 Å². The Morgan fingerprint density at radius 3 is 2.68 bits per heavy atom. The standard InChI is InChI=1S/C11H13F3N4O/c12-11(13,14)10-17-8(15)4-9(18-10)16-6-3-5-1-2-7(6)19-5/h4-7H,1-3H2,(H3,15,16,17,18). The van der Waals surface area contributed by atoms with Crippen LogP contribution >= 0.6 is 0 Å². The first-order chi connectivity index (χ1) is 8.91. The van der Waals surface area contributed by atoms with Crippen LogP contribution in [0.3, 0.4) is 0 Å². The van der Waals surface area contributed by atoms with Gasteiger partial charge < -0.3 is 15.8 Å². The maximum absolute atomic E-state index is 12.6. The number of nitrogens with zero attached hydrogens (tertiary/aromatic N) is 2. The van der Waals surface area contributed by atoms with Crippen molar-refractivity contribution < 1.29 is 17.9 Å². The molecule has 0 spiro atoms. The van der Waals surface area contributed by atoms with Crippen LogP contribution < -0.4 is 11.1 Å². The molecule has 1 aromatic rings. The molecule has 3 N–H and O–H groups in total. The summed E-state index contributed by atoms with van der Waals surface area (Å²) in [6, 6.07) is 1.30. The van der Waals surface area contributed by atoms with Gasteiger partial charge in [-0.25, -0.2) is 9.97 Å². The van der Waals surface area contributed by atoms with Crippen molar-refractivity contribution in [1.82, 2.24) is 9.97 Å². The predicted molar refractivity (Wildman–Crippen MR) is 61.4 cm³/mol. The Bertz CT molecular complexity index is 493. The Kier molecular flexibility index (Phi) is 2.77. The molecule has 0 amide bonds. The molecule has 0 saturated carbocycles. The fraction of sp³-hybridized carbons (Fsp3) is 0.636. The van der Waals surface area contributed by atoms with E-state index in [2.05, 4.69) is 15.3 Å². The highest BCUT2D eigenvalue weighted by atomic mass is 19.4. The molecule has 8 heteroatoms. The lowest BCUT2D eigenvalue weighted by Gasteiger charge is -2.21. The molecule has 104 valence electrons. The number of alkyl halides is 3. The highest BCUT2D eigenvalue weighted by Crippen LogP contribution is 2.36. The van der Waals surface area contributed by atoms with E-state index in [0.29, 0.717) is 0 Å². The summed E-state index contributed by atoms with van der Waals surface area (Å²) in [5.41, 5.74) is 5.38. The second-order valence-electron chi connectivity index (χ2n) is 4.86. The molecule has 3 rings (SSSR count). The van der Waals surface area contributed by atoms with Crippen LogP contribution in [0.4, 0.5) is 24.8 Å². The van der Waals surface area contributed by atoms with Crippen LogP contribution in [0.2, 0.25) is 0 Å². The van der Waals surface area contributed by atoms with E-state index in [-0.39, 0.29) is 29.9 Å². The van der Waals surface area contributed by atoms with Crippen LogP contribution in [0.25, 0.3) is 0 Å². The largest absolute Gasteiger partial charge is 0.451 e. The molecule has 0 aliphatic carbocycles. The van der Waals surface area contributed by atoms with Gasteiger partial charge in [0.25, 0.3) is 0 Å². The van der Waals surface area contributed by atoms with Gasteiger partial charge in [0.05, 0.1) is 18.2 Å². The molecule has 2 fully saturated rings. The third-order valence-electron chi connectivity index (χ3n) is 3.44. The van der Waals surface area contributed by atoms with Crippen LogP contribution in [-0.4, -0.2) is 28.2 Å². The SMILES string of the molecule is Nc1cc(NC2CC3CCC2O3)nc(C(F)(F)F)n1. The Balaban J connectivity index is 1.79. The summed E-state index contributed by atoms with van der Waals surface area (Å²) in [6.45, 7) is 0. The van der Waals surface area contributed by atoms with Gasteiger partial charge in [-0.05, 0) is 19.3 Å². The molecule has 3 heterocycles. The van der Waals surface area contributed by atoms with Crippen molar-refractivity contribution in [3.8, 4) is 0 Å². The molecule has 19 heavy (non-hydrogen) atoms. The van der Waals surface area contributed by atoms with Gasteiger partial charge in [-0.3, -0.25) is 0 Å². The molecule has 2 aliphatic heterocycles. The molecule has 0 aromatic carbocycles. The van der Waals surface area contributed by atoms with Gasteiger partial charge in [0.2, 0.25) is 5.82 Å². The van der Waals surface area contributed by atoms with Crippen molar-refractivity contribution in [2.45, 2.75) is 43.7 Å². The summed E-state index contributed by atoms with van der Waals surface area (Å²) in [4.78, 5) is 6.67. The van der Waals surface area contributed by atoms with E-state index in [9.17, 15) is 13.2 Å². The van der Waals surface area contributed by atoms with Gasteiger partial charge >= 0.3 is 6.18 Å². The van der Waals surface area contributed by atoms with E-state index in [1.165, 1.54) is 6.07 Å². The summed E-state index contributed by atoms with van der Waals surface area (Å²) in [5, 5.41) is 2.97. The number of nitrogens with two attached hydrogens (primary N) is 1. The number of halogens is 3. The Hall–Kier alpha value is -1.57. The van der Waals surface area contributed by atoms with E-state index < -0.39 is 12.0 Å². The minimum absolute atomic E-state index is 0.00543. The highest BCUT2D eigenvalue weighted by Gasteiger charge is 2.41. The molecule has 2 saturated heterocycles. The zero-order valence-corrected chi connectivity index (χ0v) is 9.94. The molecule has 5 nitrogen and oxygen atoms in total. The molecule has 3 atom stereocenters. The minimum Gasteiger partial charge on any atom is -0.384 e. The van der Waals surface area contributed by atoms with Gasteiger partial charge in [-0.2, -0.15) is 13.2 Å². The van der Waals surface area contributed by atoms with E-state index in [1.807, 2.05) is 0 Å². The first-order valence-corrected chi connectivity index (χ1v) is 6.05. The maximum atomic E-state index is 12.6. The third-order valence-corrected chi connectivity index (χ3v) is 3.44. The monoisotopic (exact) mass is 274 g/mol. The van der Waals surface area contributed by atoms with E-state index >= 15 is 0 Å². The summed E-state index contributed by atoms with van der Waals surface area (Å²) in [7, 11) is 0. The molecule has 0 radical (unpaired) electrons. The normalized spacial score (nSPS) is 29.7. The second-order valence-corrected chi connectivity index (χ2v) is 4.86. The van der Waals surface area contributed by atoms with Crippen LogP contribution in [0, 0.1) is 0 Å². The Labute approximate surface area is 107 Å². The fourth-order valence-corrected chi connectivity index (χ4v) is 2.65. The van der Waals surface area contributed by atoms with Gasteiger partial charge in [-0.15, -0.1) is 0 Å². The van der Waals surface area contributed by atoms with E-state index in [4.69, 9.17) is 10.5 Å². The fourth-order valence-electron chi connectivity index (χ4n) is 2.65. The van der Waals surface area contributed by atoms with Crippen molar-refractivity contribution in [2.75, 3.05) is 11.1 Å². The lowest BCUT2D eigenvalue weighted by Crippen LogP contribution is -2.31. The zero-order valence-electron chi connectivity index (χ0n) is 9.94. The Morgan fingerprint density at radius 2 is 2.11 bits per heavy atom. The van der Waals surface area contributed by atoms with Crippen LogP contribution in [-0.2, 0) is 10.9 Å². The number of hydrogen-bond acceptors (Lipinski definition) is 5. The lowest BCUT2D eigenvalue weighted by atomic mass is 9.95. The highest BCUT2D eigenvalue weighted by molar-refractivity contribution is 5.46. The van der Waals surface area contributed by atoms with Gasteiger partial charge in [-0.1, -0.05) is 0 Å². The second kappa shape index (κ2) is 4.22. The summed E-state index contributed by atoms with van der Waals surface area (Å²) < 4.78 is 43.4. The van der Waals surface area contributed by atoms with E-state index in [1.54, 1.807) is 0 Å². The average molecular weight is 274 g/mol. The number of nitrogens with one attached hydrogen (secondary N) is 1. The van der Waals surface area contributed by atoms with Crippen molar-refractivity contribution in [2.24, 2.45) is 0 Å². The maximum Gasteiger partial charge on any atom is 0.451 e. The number of hydrogen-bond donors (Lipinski definition) is 2. The molecule has 3 unspecified atom stereocenters. The quantitative estimate of drug-likeness (QED) is 0.860. The zero-order chi connectivity index (χ0) is 13.6. The first-order valence-electron chi connectivity index (χ1n) is 6.05. The lowest BCUT2D eigenvalue weighted by molar-refractivity contribution is -0.144. The number of ether oxygens (including phenoxy) is 1. The van der Waals surface area contributed by atoms with Crippen molar-refractivity contribution in [1.29, 1.82) is 0 Å². The molecule has 1 aromatic heterocycles. The van der Waals surface area contributed by atoms with Crippen LogP contribution in [0.1, 0.15) is 25.1 Å². The van der Waals surface area contributed by atoms with Gasteiger partial charge in [0.15, 0.2) is 0 Å². The Morgan fingerprint density at radius 1 is 1.32 bits per heavy atom. The number of aromatic nitrogens is 2. The third kappa shape index (κ3) is 2.44. The molecule has 2 aliphatic rings. The molecular formula is C11H13F3N4O. The summed E-state index contributed by atoms with van der Waals surface area (Å²) in [6.07, 6.45) is -1.61. The van der Waals surface area contributed by atoms with E-state index in [0.717, 1.165) is 19.3 Å². The number of rotatable bonds is 2. The number of nitrogen functional groups attached to an aromatic ring is 1. The number of anilines is 2. The smallest absolute Gasteiger partial charge is 0.384 e. The molecule has 2 bridgehead atoms. The first kappa shape index (κ1) is 12.5.